The summed E-state index contributed by atoms with van der Waals surface area (Å²) in [5, 5.41) is 17.7. The minimum Gasteiger partial charge on any atom is -0.477 e. The molecule has 0 radical (unpaired) electrons. The van der Waals surface area contributed by atoms with E-state index in [0.717, 1.165) is 45.9 Å². The summed E-state index contributed by atoms with van der Waals surface area (Å²) in [5.41, 5.74) is 5.03. The zero-order valence-electron chi connectivity index (χ0n) is 12.5. The summed E-state index contributed by atoms with van der Waals surface area (Å²) in [6.07, 6.45) is 3.40. The molecule has 2 aromatic heterocycles. The number of nitrogens with one attached hydrogen (secondary N) is 1. The van der Waals surface area contributed by atoms with Crippen LogP contribution in [0.3, 0.4) is 0 Å². The smallest absolute Gasteiger partial charge is 0.346 e. The number of nitrogens with zero attached hydrogens (tertiary/aromatic N) is 2. The summed E-state index contributed by atoms with van der Waals surface area (Å²) < 4.78 is 0. The normalized spacial score (nSPS) is 12.6. The van der Waals surface area contributed by atoms with E-state index in [1.807, 2.05) is 48.5 Å². The van der Waals surface area contributed by atoms with Gasteiger partial charge in [-0.1, -0.05) is 18.2 Å². The Morgan fingerprint density at radius 2 is 2.09 bits per heavy atom. The lowest BCUT2D eigenvalue weighted by atomic mass is 9.91. The molecule has 1 aliphatic carbocycles. The molecule has 23 heavy (non-hydrogen) atoms. The highest BCUT2D eigenvalue weighted by atomic mass is 32.1. The second kappa shape index (κ2) is 5.24. The van der Waals surface area contributed by atoms with E-state index in [9.17, 15) is 9.90 Å². The van der Waals surface area contributed by atoms with E-state index in [4.69, 9.17) is 0 Å². The highest BCUT2D eigenvalue weighted by Crippen LogP contribution is 2.47. The molecule has 0 unspecified atom stereocenters. The van der Waals surface area contributed by atoms with E-state index in [1.165, 1.54) is 11.3 Å². The minimum absolute atomic E-state index is 0.429. The number of anilines is 2. The number of para-hydroxylation sites is 1. The summed E-state index contributed by atoms with van der Waals surface area (Å²) in [4.78, 5) is 14.1. The lowest BCUT2D eigenvalue weighted by molar-refractivity contribution is 0.0701. The van der Waals surface area contributed by atoms with E-state index in [1.54, 1.807) is 0 Å². The number of carboxylic acid groups (broad SMARTS) is 1. The van der Waals surface area contributed by atoms with E-state index in [2.05, 4.69) is 10.2 Å². The maximum absolute atomic E-state index is 11.7. The number of aromatic carboxylic acids is 1. The van der Waals surface area contributed by atoms with Crippen LogP contribution in [0.25, 0.3) is 11.3 Å². The monoisotopic (exact) mass is 325 g/mol. The Balaban J connectivity index is 1.93. The molecule has 1 aromatic carbocycles. The first-order chi connectivity index (χ1) is 11.2. The second-order valence-electron chi connectivity index (χ2n) is 5.56. The van der Waals surface area contributed by atoms with Gasteiger partial charge in [-0.3, -0.25) is 5.10 Å². The van der Waals surface area contributed by atoms with Crippen LogP contribution in [0.5, 0.6) is 0 Å². The number of hydrogen-bond acceptors (Lipinski definition) is 4. The van der Waals surface area contributed by atoms with Gasteiger partial charge in [-0.2, -0.15) is 5.10 Å². The summed E-state index contributed by atoms with van der Waals surface area (Å²) >= 11 is 1.33. The number of rotatable bonds is 3. The minimum atomic E-state index is -0.859. The van der Waals surface area contributed by atoms with Crippen molar-refractivity contribution in [2.75, 3.05) is 11.9 Å². The van der Waals surface area contributed by atoms with Gasteiger partial charge in [0.15, 0.2) is 0 Å². The highest BCUT2D eigenvalue weighted by Gasteiger charge is 2.30. The fraction of sp³-hybridized carbons (Fsp3) is 0.176. The molecule has 0 atom stereocenters. The number of fused-ring (bicyclic) bond motifs is 3. The predicted molar refractivity (Wildman–Crippen MR) is 90.8 cm³/mol. The molecule has 0 fully saturated rings. The number of hydrogen-bond donors (Lipinski definition) is 2. The first-order valence-electron chi connectivity index (χ1n) is 7.37. The van der Waals surface area contributed by atoms with Crippen LogP contribution < -0.4 is 4.90 Å². The molecule has 0 bridgehead atoms. The van der Waals surface area contributed by atoms with Crippen molar-refractivity contribution < 1.29 is 9.90 Å². The summed E-state index contributed by atoms with van der Waals surface area (Å²) in [5.74, 6) is -0.859. The first kappa shape index (κ1) is 14.0. The molecular weight excluding hydrogens is 310 g/mol. The van der Waals surface area contributed by atoms with Crippen molar-refractivity contribution in [3.63, 3.8) is 0 Å². The molecule has 0 aliphatic heterocycles. The number of H-pyrrole nitrogens is 1. The molecule has 1 aliphatic rings. The summed E-state index contributed by atoms with van der Waals surface area (Å²) in [7, 11) is 1.97. The number of carboxylic acids is 1. The molecule has 2 N–H and O–H groups in total. The zero-order chi connectivity index (χ0) is 16.0. The van der Waals surface area contributed by atoms with Crippen LogP contribution >= 0.6 is 11.3 Å². The fourth-order valence-electron chi connectivity index (χ4n) is 3.10. The van der Waals surface area contributed by atoms with Gasteiger partial charge in [0.2, 0.25) is 0 Å². The number of aromatic nitrogens is 2. The lowest BCUT2D eigenvalue weighted by Gasteiger charge is -2.21. The van der Waals surface area contributed by atoms with Crippen LogP contribution in [0, 0.1) is 0 Å². The van der Waals surface area contributed by atoms with Crippen LogP contribution in [-0.2, 0) is 12.8 Å². The topological polar surface area (TPSA) is 69.2 Å². The van der Waals surface area contributed by atoms with Crippen LogP contribution in [-0.4, -0.2) is 28.3 Å². The second-order valence-corrected chi connectivity index (χ2v) is 6.56. The third kappa shape index (κ3) is 2.14. The third-order valence-electron chi connectivity index (χ3n) is 4.24. The fourth-order valence-corrected chi connectivity index (χ4v) is 4.28. The van der Waals surface area contributed by atoms with E-state index in [0.29, 0.717) is 4.88 Å². The Kier molecular flexibility index (Phi) is 3.20. The first-order valence-corrected chi connectivity index (χ1v) is 8.19. The van der Waals surface area contributed by atoms with Crippen LogP contribution in [0.4, 0.5) is 10.7 Å². The SMILES string of the molecule is CN(c1ccccc1)c1sc(C(=O)O)c2c1-c1[nH]ncc1CC2. The van der Waals surface area contributed by atoms with Crippen molar-refractivity contribution in [1.29, 1.82) is 0 Å². The number of thiophene rings is 1. The van der Waals surface area contributed by atoms with Gasteiger partial charge in [0, 0.05) is 18.3 Å². The van der Waals surface area contributed by atoms with Crippen LogP contribution in [0.2, 0.25) is 0 Å². The van der Waals surface area contributed by atoms with Gasteiger partial charge < -0.3 is 10.0 Å². The quantitative estimate of drug-likeness (QED) is 0.770. The van der Waals surface area contributed by atoms with E-state index in [-0.39, 0.29) is 0 Å². The molecule has 0 saturated carbocycles. The number of benzene rings is 1. The Bertz CT molecular complexity index is 883. The van der Waals surface area contributed by atoms with Gasteiger partial charge in [0.25, 0.3) is 0 Å². The molecule has 3 aromatic rings. The van der Waals surface area contributed by atoms with Gasteiger partial charge in [-0.05, 0) is 36.1 Å². The Morgan fingerprint density at radius 1 is 1.30 bits per heavy atom. The Morgan fingerprint density at radius 3 is 2.83 bits per heavy atom. The van der Waals surface area contributed by atoms with Crippen molar-refractivity contribution in [3.05, 3.63) is 52.5 Å². The molecule has 2 heterocycles. The average molecular weight is 325 g/mol. The predicted octanol–water partition coefficient (Wildman–Crippen LogP) is 3.70. The number of carbonyl (C=O) groups is 1. The summed E-state index contributed by atoms with van der Waals surface area (Å²) in [6.45, 7) is 0. The van der Waals surface area contributed by atoms with Gasteiger partial charge in [-0.25, -0.2) is 4.79 Å². The van der Waals surface area contributed by atoms with Gasteiger partial charge in [-0.15, -0.1) is 11.3 Å². The molecule has 5 nitrogen and oxygen atoms in total. The largest absolute Gasteiger partial charge is 0.477 e. The van der Waals surface area contributed by atoms with Crippen molar-refractivity contribution in [1.82, 2.24) is 10.2 Å². The average Bonchev–Trinajstić information content (AvgIpc) is 3.18. The Labute approximate surface area is 137 Å². The van der Waals surface area contributed by atoms with Gasteiger partial charge in [0.05, 0.1) is 11.9 Å². The maximum Gasteiger partial charge on any atom is 0.346 e. The van der Waals surface area contributed by atoms with Crippen molar-refractivity contribution in [2.45, 2.75) is 12.8 Å². The van der Waals surface area contributed by atoms with Gasteiger partial charge in [0.1, 0.15) is 9.88 Å². The molecular formula is C17H15N3O2S. The standard InChI is InChI=1S/C17H15N3O2S/c1-20(11-5-3-2-4-6-11)16-13-12(15(23-16)17(21)22)8-7-10-9-18-19-14(10)13/h2-6,9H,7-8H2,1H3,(H,18,19)(H,21,22). The third-order valence-corrected chi connectivity index (χ3v) is 5.54. The van der Waals surface area contributed by atoms with Crippen LogP contribution in [0.1, 0.15) is 20.8 Å². The van der Waals surface area contributed by atoms with Gasteiger partial charge >= 0.3 is 5.97 Å². The molecule has 4 rings (SSSR count). The molecule has 116 valence electrons. The van der Waals surface area contributed by atoms with Crippen molar-refractivity contribution in [2.24, 2.45) is 0 Å². The Hall–Kier alpha value is -2.60. The van der Waals surface area contributed by atoms with Crippen LogP contribution in [0.15, 0.2) is 36.5 Å². The van der Waals surface area contributed by atoms with E-state index < -0.39 is 5.97 Å². The zero-order valence-corrected chi connectivity index (χ0v) is 13.4. The molecule has 0 saturated heterocycles. The summed E-state index contributed by atoms with van der Waals surface area (Å²) in [6, 6.07) is 9.96. The molecule has 0 amide bonds. The lowest BCUT2D eigenvalue weighted by Crippen LogP contribution is -2.11. The number of aromatic amines is 1. The molecule has 6 heteroatoms. The number of aryl methyl sites for hydroxylation is 1. The van der Waals surface area contributed by atoms with Crippen molar-refractivity contribution >= 4 is 28.0 Å². The van der Waals surface area contributed by atoms with E-state index >= 15 is 0 Å². The highest BCUT2D eigenvalue weighted by molar-refractivity contribution is 7.18. The molecule has 0 spiro atoms. The maximum atomic E-state index is 11.7. The van der Waals surface area contributed by atoms with Crippen molar-refractivity contribution in [3.8, 4) is 11.3 Å².